The van der Waals surface area contributed by atoms with Crippen molar-refractivity contribution < 1.29 is 13.9 Å². The van der Waals surface area contributed by atoms with E-state index < -0.39 is 11.9 Å². The third-order valence-corrected chi connectivity index (χ3v) is 8.56. The van der Waals surface area contributed by atoms with Crippen LogP contribution in [-0.4, -0.2) is 26.4 Å². The van der Waals surface area contributed by atoms with Gasteiger partial charge in [0.05, 0.1) is 16.3 Å². The van der Waals surface area contributed by atoms with Gasteiger partial charge in [-0.15, -0.1) is 21.5 Å². The van der Waals surface area contributed by atoms with E-state index in [1.54, 1.807) is 18.5 Å². The Morgan fingerprint density at radius 1 is 1.49 bits per heavy atom. The number of amides is 1. The van der Waals surface area contributed by atoms with Crippen LogP contribution >= 0.6 is 34.7 Å². The number of aromatic nitrogens is 3. The van der Waals surface area contributed by atoms with Crippen molar-refractivity contribution in [1.29, 1.82) is 5.26 Å². The zero-order chi connectivity index (χ0) is 25.1. The quantitative estimate of drug-likeness (QED) is 0.361. The summed E-state index contributed by atoms with van der Waals surface area (Å²) >= 11 is 8.82. The highest BCUT2D eigenvalue weighted by molar-refractivity contribution is 7.99. The Morgan fingerprint density at radius 2 is 2.29 bits per heavy atom. The second-order valence-corrected chi connectivity index (χ2v) is 10.9. The fraction of sp³-hybridized carbons (Fsp3) is 0.417. The molecule has 2 unspecified atom stereocenters. The van der Waals surface area contributed by atoms with Crippen molar-refractivity contribution in [2.24, 2.45) is 13.0 Å². The number of ether oxygens (including phenoxy) is 1. The van der Waals surface area contributed by atoms with E-state index in [4.69, 9.17) is 16.3 Å². The first-order valence-electron chi connectivity index (χ1n) is 11.3. The van der Waals surface area contributed by atoms with E-state index in [0.29, 0.717) is 33.2 Å². The van der Waals surface area contributed by atoms with Gasteiger partial charge in [-0.25, -0.2) is 4.39 Å². The normalized spacial score (nSPS) is 15.8. The number of carbonyl (C=O) groups is 1. The third kappa shape index (κ3) is 5.63. The topological polar surface area (TPSA) is 92.8 Å². The number of hydrogen-bond donors (Lipinski definition) is 1. The number of fused-ring (bicyclic) bond motifs is 1. The molecule has 2 heterocycles. The molecule has 1 aliphatic carbocycles. The van der Waals surface area contributed by atoms with Gasteiger partial charge in [-0.1, -0.05) is 36.7 Å². The number of carbonyl (C=O) groups excluding carboxylic acids is 1. The van der Waals surface area contributed by atoms with Crippen LogP contribution in [0.15, 0.2) is 23.4 Å². The minimum atomic E-state index is -0.499. The number of thioether (sulfide) groups is 1. The van der Waals surface area contributed by atoms with Crippen LogP contribution in [0.5, 0.6) is 5.75 Å². The van der Waals surface area contributed by atoms with Crippen molar-refractivity contribution in [3.05, 3.63) is 50.9 Å². The fourth-order valence-electron chi connectivity index (χ4n) is 4.12. The van der Waals surface area contributed by atoms with Crippen LogP contribution in [0.2, 0.25) is 5.02 Å². The number of thiophene rings is 1. The lowest BCUT2D eigenvalue weighted by molar-refractivity contribution is -0.113. The summed E-state index contributed by atoms with van der Waals surface area (Å²) < 4.78 is 20.9. The Hall–Kier alpha value is -2.61. The van der Waals surface area contributed by atoms with Gasteiger partial charge in [0.1, 0.15) is 22.6 Å². The Morgan fingerprint density at radius 3 is 3.00 bits per heavy atom. The van der Waals surface area contributed by atoms with Gasteiger partial charge >= 0.3 is 0 Å². The van der Waals surface area contributed by atoms with E-state index >= 15 is 0 Å². The van der Waals surface area contributed by atoms with Gasteiger partial charge < -0.3 is 14.6 Å². The molecular weight excluding hydrogens is 509 g/mol. The largest absolute Gasteiger partial charge is 0.481 e. The lowest BCUT2D eigenvalue weighted by Gasteiger charge is -2.20. The van der Waals surface area contributed by atoms with Crippen LogP contribution in [0, 0.1) is 23.1 Å². The summed E-state index contributed by atoms with van der Waals surface area (Å²) in [7, 11) is 1.78. The maximum Gasteiger partial charge on any atom is 0.235 e. The van der Waals surface area contributed by atoms with E-state index in [2.05, 4.69) is 28.5 Å². The predicted molar refractivity (Wildman–Crippen MR) is 136 cm³/mol. The van der Waals surface area contributed by atoms with Crippen molar-refractivity contribution in [2.75, 3.05) is 11.1 Å². The van der Waals surface area contributed by atoms with Crippen LogP contribution in [-0.2, 0) is 24.7 Å². The average Bonchev–Trinajstić information content (AvgIpc) is 3.37. The minimum Gasteiger partial charge on any atom is -0.481 e. The van der Waals surface area contributed by atoms with Gasteiger partial charge in [-0.2, -0.15) is 5.26 Å². The molecular formula is C24H25ClFN5O2S2. The molecule has 3 aromatic rings. The zero-order valence-electron chi connectivity index (χ0n) is 19.6. The standard InChI is InChI=1S/C24H25ClFN5O2S2/c1-4-14-5-7-16-17(11-27)23(35-20(16)9-14)28-21(32)12-34-24-30-29-22(31(24)3)13(2)33-19-8-6-15(26)10-18(19)25/h6,8,10,13-14H,4-5,7,9,12H2,1-3H3,(H,28,32). The number of hydrogen-bond acceptors (Lipinski definition) is 7. The maximum absolute atomic E-state index is 13.3. The number of anilines is 1. The molecule has 4 rings (SSSR count). The van der Waals surface area contributed by atoms with Gasteiger partial charge in [-0.3, -0.25) is 4.79 Å². The van der Waals surface area contributed by atoms with Gasteiger partial charge in [0.2, 0.25) is 5.91 Å². The molecule has 35 heavy (non-hydrogen) atoms. The summed E-state index contributed by atoms with van der Waals surface area (Å²) in [5.41, 5.74) is 1.70. The van der Waals surface area contributed by atoms with Crippen molar-refractivity contribution in [3.8, 4) is 11.8 Å². The second-order valence-electron chi connectivity index (χ2n) is 8.41. The summed E-state index contributed by atoms with van der Waals surface area (Å²) in [4.78, 5) is 13.9. The number of rotatable bonds is 8. The van der Waals surface area contributed by atoms with Crippen LogP contribution < -0.4 is 10.1 Å². The van der Waals surface area contributed by atoms with E-state index in [1.165, 1.54) is 46.2 Å². The molecule has 0 fully saturated rings. The summed E-state index contributed by atoms with van der Waals surface area (Å²) in [5.74, 6) is 0.994. The zero-order valence-corrected chi connectivity index (χ0v) is 22.0. The highest BCUT2D eigenvalue weighted by Crippen LogP contribution is 2.40. The molecule has 0 saturated carbocycles. The van der Waals surface area contributed by atoms with Crippen LogP contribution in [0.3, 0.4) is 0 Å². The molecule has 0 radical (unpaired) electrons. The lowest BCUT2D eigenvalue weighted by atomic mass is 9.86. The first-order valence-corrected chi connectivity index (χ1v) is 13.5. The van der Waals surface area contributed by atoms with Crippen molar-refractivity contribution in [2.45, 2.75) is 50.8 Å². The Bertz CT molecular complexity index is 1290. The number of benzene rings is 1. The Kier molecular flexibility index (Phi) is 7.99. The van der Waals surface area contributed by atoms with Gasteiger partial charge in [0.15, 0.2) is 17.1 Å². The lowest BCUT2D eigenvalue weighted by Crippen LogP contribution is -2.15. The fourth-order valence-corrected chi connectivity index (χ4v) is 6.38. The maximum atomic E-state index is 13.3. The number of nitrogens with one attached hydrogen (secondary N) is 1. The summed E-state index contributed by atoms with van der Waals surface area (Å²) in [6.45, 7) is 3.98. The van der Waals surface area contributed by atoms with E-state index in [-0.39, 0.29) is 16.7 Å². The first kappa shape index (κ1) is 25.5. The van der Waals surface area contributed by atoms with Crippen molar-refractivity contribution >= 4 is 45.6 Å². The number of nitriles is 1. The summed E-state index contributed by atoms with van der Waals surface area (Å²) in [5, 5.41) is 22.3. The molecule has 184 valence electrons. The van der Waals surface area contributed by atoms with Crippen molar-refractivity contribution in [3.63, 3.8) is 0 Å². The molecule has 2 aromatic heterocycles. The van der Waals surface area contributed by atoms with E-state index in [0.717, 1.165) is 31.2 Å². The molecule has 1 N–H and O–H groups in total. The molecule has 1 aliphatic rings. The molecule has 0 spiro atoms. The second kappa shape index (κ2) is 11.0. The van der Waals surface area contributed by atoms with Gasteiger partial charge in [0, 0.05) is 11.9 Å². The monoisotopic (exact) mass is 533 g/mol. The molecule has 0 aliphatic heterocycles. The Labute approximate surface area is 216 Å². The summed E-state index contributed by atoms with van der Waals surface area (Å²) in [6, 6.07) is 6.21. The molecule has 7 nitrogen and oxygen atoms in total. The van der Waals surface area contributed by atoms with E-state index in [1.807, 2.05) is 0 Å². The van der Waals surface area contributed by atoms with Crippen LogP contribution in [0.1, 0.15) is 54.6 Å². The smallest absolute Gasteiger partial charge is 0.235 e. The molecule has 1 aromatic carbocycles. The SMILES string of the molecule is CCC1CCc2c(sc(NC(=O)CSc3nnc(C(C)Oc4ccc(F)cc4Cl)n3C)c2C#N)C1. The highest BCUT2D eigenvalue weighted by atomic mass is 35.5. The highest BCUT2D eigenvalue weighted by Gasteiger charge is 2.26. The molecule has 0 bridgehead atoms. The molecule has 2 atom stereocenters. The van der Waals surface area contributed by atoms with Crippen molar-refractivity contribution in [1.82, 2.24) is 14.8 Å². The third-order valence-electron chi connectivity index (χ3n) is 6.07. The van der Waals surface area contributed by atoms with Gasteiger partial charge in [-0.05, 0) is 55.9 Å². The molecule has 0 saturated heterocycles. The number of halogens is 2. The Balaban J connectivity index is 1.38. The molecule has 11 heteroatoms. The summed E-state index contributed by atoms with van der Waals surface area (Å²) in [6.07, 6.45) is 3.57. The van der Waals surface area contributed by atoms with Gasteiger partial charge in [0.25, 0.3) is 0 Å². The average molecular weight is 534 g/mol. The minimum absolute atomic E-state index is 0.121. The molecule has 1 amide bonds. The van der Waals surface area contributed by atoms with Crippen LogP contribution in [0.4, 0.5) is 9.39 Å². The first-order chi connectivity index (χ1) is 16.8. The van der Waals surface area contributed by atoms with E-state index in [9.17, 15) is 14.4 Å². The van der Waals surface area contributed by atoms with Crippen LogP contribution in [0.25, 0.3) is 0 Å². The predicted octanol–water partition coefficient (Wildman–Crippen LogP) is 5.93. The number of nitrogens with zero attached hydrogens (tertiary/aromatic N) is 4.